The lowest BCUT2D eigenvalue weighted by Gasteiger charge is -2.03. The summed E-state index contributed by atoms with van der Waals surface area (Å²) in [6.45, 7) is 0. The van der Waals surface area contributed by atoms with Gasteiger partial charge in [0.05, 0.1) is 22.1 Å². The number of halogens is 1. The topological polar surface area (TPSA) is 54.5 Å². The number of nitrogens with one attached hydrogen (secondary N) is 1. The maximum absolute atomic E-state index is 4.87. The van der Waals surface area contributed by atoms with E-state index in [2.05, 4.69) is 73.9 Å². The highest BCUT2D eigenvalue weighted by Crippen LogP contribution is 2.33. The second kappa shape index (κ2) is 5.24. The smallest absolute Gasteiger partial charge is 0.138 e. The maximum Gasteiger partial charge on any atom is 0.138 e. The molecule has 0 aliphatic rings. The number of pyridine rings is 2. The fourth-order valence-corrected chi connectivity index (χ4v) is 3.45. The van der Waals surface area contributed by atoms with Crippen molar-refractivity contribution in [2.24, 2.45) is 0 Å². The van der Waals surface area contributed by atoms with Gasteiger partial charge >= 0.3 is 0 Å². The van der Waals surface area contributed by atoms with Crippen molar-refractivity contribution in [3.63, 3.8) is 0 Å². The van der Waals surface area contributed by atoms with Gasteiger partial charge in [0.15, 0.2) is 0 Å². The summed E-state index contributed by atoms with van der Waals surface area (Å²) in [4.78, 5) is 17.4. The van der Waals surface area contributed by atoms with Crippen LogP contribution in [0.4, 0.5) is 0 Å². The van der Waals surface area contributed by atoms with Gasteiger partial charge in [-0.1, -0.05) is 12.1 Å². The van der Waals surface area contributed by atoms with Crippen molar-refractivity contribution in [3.8, 4) is 11.4 Å². The van der Waals surface area contributed by atoms with E-state index in [0.717, 1.165) is 44.2 Å². The maximum atomic E-state index is 4.87. The number of imidazole rings is 1. The lowest BCUT2D eigenvalue weighted by Crippen LogP contribution is -1.86. The zero-order valence-corrected chi connectivity index (χ0v) is 14.7. The predicted octanol–water partition coefficient (Wildman–Crippen LogP) is 4.93. The molecule has 3 aromatic heterocycles. The van der Waals surface area contributed by atoms with Gasteiger partial charge in [0.1, 0.15) is 5.82 Å². The van der Waals surface area contributed by atoms with Crippen molar-refractivity contribution in [1.82, 2.24) is 19.9 Å². The zero-order valence-electron chi connectivity index (χ0n) is 12.5. The fourth-order valence-electron chi connectivity index (χ4n) is 3.09. The van der Waals surface area contributed by atoms with E-state index in [1.807, 2.05) is 12.1 Å². The molecule has 3 heterocycles. The van der Waals surface area contributed by atoms with Crippen LogP contribution in [0.1, 0.15) is 0 Å². The lowest BCUT2D eigenvalue weighted by molar-refractivity contribution is 1.34. The molecule has 0 aliphatic carbocycles. The van der Waals surface area contributed by atoms with Crippen LogP contribution in [0.25, 0.3) is 44.2 Å². The number of aromatic amines is 1. The van der Waals surface area contributed by atoms with Crippen molar-refractivity contribution in [1.29, 1.82) is 0 Å². The molecule has 0 saturated carbocycles. The molecule has 0 radical (unpaired) electrons. The molecule has 0 bridgehead atoms. The minimum atomic E-state index is 0.864. The van der Waals surface area contributed by atoms with E-state index in [1.165, 1.54) is 3.57 Å². The van der Waals surface area contributed by atoms with Gasteiger partial charge in [0, 0.05) is 32.3 Å². The third-order valence-corrected chi connectivity index (χ3v) is 4.90. The first-order valence-corrected chi connectivity index (χ1v) is 8.66. The van der Waals surface area contributed by atoms with Gasteiger partial charge < -0.3 is 4.98 Å². The van der Waals surface area contributed by atoms with E-state index in [0.29, 0.717) is 0 Å². The molecular formula is C19H11IN4. The van der Waals surface area contributed by atoms with Crippen LogP contribution in [0.15, 0.2) is 60.9 Å². The minimum absolute atomic E-state index is 0.864. The average molecular weight is 422 g/mol. The quantitative estimate of drug-likeness (QED) is 0.308. The number of hydrogen-bond donors (Lipinski definition) is 1. The summed E-state index contributed by atoms with van der Waals surface area (Å²) < 4.78 is 1.21. The van der Waals surface area contributed by atoms with E-state index in [1.54, 1.807) is 12.4 Å². The average Bonchev–Trinajstić information content (AvgIpc) is 3.08. The highest BCUT2D eigenvalue weighted by Gasteiger charge is 2.14. The second-order valence-corrected chi connectivity index (χ2v) is 6.86. The Morgan fingerprint density at radius 1 is 0.750 bits per heavy atom. The summed E-state index contributed by atoms with van der Waals surface area (Å²) in [5.74, 6) is 0.864. The van der Waals surface area contributed by atoms with Crippen molar-refractivity contribution in [3.05, 3.63) is 64.5 Å². The molecule has 0 spiro atoms. The van der Waals surface area contributed by atoms with Crippen LogP contribution in [0.5, 0.6) is 0 Å². The number of H-pyrrole nitrogens is 1. The Balaban J connectivity index is 1.93. The fraction of sp³-hybridized carbons (Fsp3) is 0. The molecule has 0 saturated heterocycles. The van der Waals surface area contributed by atoms with Crippen LogP contribution in [0.3, 0.4) is 0 Å². The molecule has 0 unspecified atom stereocenters. The first-order valence-electron chi connectivity index (χ1n) is 7.58. The van der Waals surface area contributed by atoms with E-state index < -0.39 is 0 Å². The predicted molar refractivity (Wildman–Crippen MR) is 105 cm³/mol. The minimum Gasteiger partial charge on any atom is -0.337 e. The van der Waals surface area contributed by atoms with Crippen molar-refractivity contribution >= 4 is 55.4 Å². The Morgan fingerprint density at radius 3 is 2.17 bits per heavy atom. The van der Waals surface area contributed by atoms with Gasteiger partial charge in [-0.05, 0) is 59.0 Å². The SMILES string of the molecule is Ic1ccc(-c2nc3c4cccnc4c4ncccc4c3[nH]2)cc1. The normalized spacial score (nSPS) is 11.5. The summed E-state index contributed by atoms with van der Waals surface area (Å²) in [6.07, 6.45) is 3.60. The van der Waals surface area contributed by atoms with Gasteiger partial charge in [0.2, 0.25) is 0 Å². The number of rotatable bonds is 1. The van der Waals surface area contributed by atoms with Gasteiger partial charge in [-0.15, -0.1) is 0 Å². The lowest BCUT2D eigenvalue weighted by atomic mass is 10.1. The molecule has 0 amide bonds. The third-order valence-electron chi connectivity index (χ3n) is 4.19. The summed E-state index contributed by atoms with van der Waals surface area (Å²) in [5, 5.41) is 2.06. The molecule has 0 fully saturated rings. The van der Waals surface area contributed by atoms with E-state index in [-0.39, 0.29) is 0 Å². The summed E-state index contributed by atoms with van der Waals surface area (Å²) in [7, 11) is 0. The molecule has 0 aliphatic heterocycles. The molecule has 5 aromatic rings. The third kappa shape index (κ3) is 2.01. The standard InChI is InChI=1S/C19H11IN4/c20-12-7-5-11(6-8-12)19-23-17-13-3-1-9-21-15(13)16-14(18(17)24-19)4-2-10-22-16/h1-10H,(H,23,24). The van der Waals surface area contributed by atoms with E-state index >= 15 is 0 Å². The zero-order chi connectivity index (χ0) is 16.1. The van der Waals surface area contributed by atoms with E-state index in [4.69, 9.17) is 4.98 Å². The molecule has 5 rings (SSSR count). The Bertz CT molecular complexity index is 1140. The molecule has 114 valence electrons. The Kier molecular flexibility index (Phi) is 3.02. The highest BCUT2D eigenvalue weighted by atomic mass is 127. The monoisotopic (exact) mass is 422 g/mol. The number of benzene rings is 2. The molecule has 4 nitrogen and oxygen atoms in total. The second-order valence-electron chi connectivity index (χ2n) is 5.62. The van der Waals surface area contributed by atoms with Gasteiger partial charge in [-0.25, -0.2) is 4.98 Å². The van der Waals surface area contributed by atoms with Crippen molar-refractivity contribution in [2.75, 3.05) is 0 Å². The van der Waals surface area contributed by atoms with Gasteiger partial charge in [-0.3, -0.25) is 9.97 Å². The van der Waals surface area contributed by atoms with Crippen LogP contribution in [-0.2, 0) is 0 Å². The molecule has 5 heteroatoms. The Morgan fingerprint density at radius 2 is 1.42 bits per heavy atom. The van der Waals surface area contributed by atoms with Gasteiger partial charge in [-0.2, -0.15) is 0 Å². The number of aromatic nitrogens is 4. The number of fused-ring (bicyclic) bond motifs is 6. The van der Waals surface area contributed by atoms with Crippen LogP contribution < -0.4 is 0 Å². The number of nitrogens with zero attached hydrogens (tertiary/aromatic N) is 3. The van der Waals surface area contributed by atoms with Gasteiger partial charge in [0.25, 0.3) is 0 Å². The van der Waals surface area contributed by atoms with Crippen molar-refractivity contribution in [2.45, 2.75) is 0 Å². The molecule has 2 aromatic carbocycles. The first-order chi connectivity index (χ1) is 11.8. The van der Waals surface area contributed by atoms with Crippen LogP contribution in [0, 0.1) is 3.57 Å². The molecule has 24 heavy (non-hydrogen) atoms. The van der Waals surface area contributed by atoms with Crippen LogP contribution >= 0.6 is 22.6 Å². The largest absolute Gasteiger partial charge is 0.337 e. The van der Waals surface area contributed by atoms with Crippen LogP contribution in [0.2, 0.25) is 0 Å². The molecular weight excluding hydrogens is 411 g/mol. The highest BCUT2D eigenvalue weighted by molar-refractivity contribution is 14.1. The Hall–Kier alpha value is -2.54. The summed E-state index contributed by atoms with van der Waals surface area (Å²) in [5.41, 5.74) is 4.81. The number of hydrogen-bond acceptors (Lipinski definition) is 3. The Labute approximate surface area is 151 Å². The van der Waals surface area contributed by atoms with Crippen molar-refractivity contribution < 1.29 is 0 Å². The van der Waals surface area contributed by atoms with Crippen LogP contribution in [-0.4, -0.2) is 19.9 Å². The summed E-state index contributed by atoms with van der Waals surface area (Å²) in [6, 6.07) is 16.3. The summed E-state index contributed by atoms with van der Waals surface area (Å²) >= 11 is 2.31. The van der Waals surface area contributed by atoms with E-state index in [9.17, 15) is 0 Å². The molecule has 0 atom stereocenters. The first kappa shape index (κ1) is 13.9. The molecule has 1 N–H and O–H groups in total.